The first-order chi connectivity index (χ1) is 16.4. The summed E-state index contributed by atoms with van der Waals surface area (Å²) in [6.45, 7) is 2.83. The molecule has 1 amide bonds. The maximum Gasteiger partial charge on any atom is 0.325 e. The van der Waals surface area contributed by atoms with E-state index in [9.17, 15) is 9.59 Å². The van der Waals surface area contributed by atoms with Gasteiger partial charge in [0.15, 0.2) is 11.5 Å². The van der Waals surface area contributed by atoms with E-state index in [1.54, 1.807) is 21.1 Å². The molecule has 7 rings (SSSR count). The van der Waals surface area contributed by atoms with E-state index < -0.39 is 17.5 Å². The number of hydrogen-bond donors (Lipinski definition) is 1. The van der Waals surface area contributed by atoms with Gasteiger partial charge in [-0.3, -0.25) is 9.59 Å². The van der Waals surface area contributed by atoms with Gasteiger partial charge >= 0.3 is 5.97 Å². The third-order valence-electron chi connectivity index (χ3n) is 9.31. The Labute approximate surface area is 199 Å². The number of carbonyl (C=O) groups excluding carboxylic acids is 2. The van der Waals surface area contributed by atoms with E-state index >= 15 is 0 Å². The van der Waals surface area contributed by atoms with Gasteiger partial charge in [0.05, 0.1) is 25.0 Å². The van der Waals surface area contributed by atoms with Crippen LogP contribution in [0, 0.1) is 11.3 Å². The molecule has 182 valence electrons. The van der Waals surface area contributed by atoms with Gasteiger partial charge in [-0.1, -0.05) is 18.2 Å². The minimum atomic E-state index is -0.945. The highest BCUT2D eigenvalue weighted by Crippen LogP contribution is 2.74. The highest BCUT2D eigenvalue weighted by molar-refractivity contribution is 5.86. The zero-order valence-corrected chi connectivity index (χ0v) is 20.2. The molecule has 1 aromatic rings. The second kappa shape index (κ2) is 7.21. The molecule has 1 N–H and O–H groups in total. The van der Waals surface area contributed by atoms with Crippen molar-refractivity contribution in [1.29, 1.82) is 0 Å². The number of fused-ring (bicyclic) bond motifs is 1. The number of carbonyl (C=O) groups is 2. The molecule has 1 saturated carbocycles. The lowest BCUT2D eigenvalue weighted by atomic mass is 9.37. The maximum atomic E-state index is 13.6. The molecule has 0 aromatic heterocycles. The minimum Gasteiger partial charge on any atom is -0.493 e. The summed E-state index contributed by atoms with van der Waals surface area (Å²) >= 11 is 0. The summed E-state index contributed by atoms with van der Waals surface area (Å²) in [4.78, 5) is 28.0. The first-order valence-electron chi connectivity index (χ1n) is 12.1. The van der Waals surface area contributed by atoms with Crippen LogP contribution in [0.15, 0.2) is 24.3 Å². The van der Waals surface area contributed by atoms with E-state index in [-0.39, 0.29) is 42.0 Å². The lowest BCUT2D eigenvalue weighted by Crippen LogP contribution is -2.80. The Hall–Kier alpha value is -2.58. The van der Waals surface area contributed by atoms with Crippen LogP contribution in [0.1, 0.15) is 30.9 Å². The normalized spacial score (nSPS) is 38.2. The molecule has 6 aliphatic rings. The Morgan fingerprint density at radius 3 is 2.82 bits per heavy atom. The summed E-state index contributed by atoms with van der Waals surface area (Å²) in [6.07, 6.45) is 6.49. The van der Waals surface area contributed by atoms with E-state index in [0.29, 0.717) is 6.42 Å². The van der Waals surface area contributed by atoms with Crippen molar-refractivity contribution in [1.82, 2.24) is 10.2 Å². The fourth-order valence-electron chi connectivity index (χ4n) is 8.00. The zero-order chi connectivity index (χ0) is 23.9. The fourth-order valence-corrected chi connectivity index (χ4v) is 8.00. The van der Waals surface area contributed by atoms with Crippen molar-refractivity contribution in [3.63, 3.8) is 0 Å². The monoisotopic (exact) mass is 468 g/mol. The SMILES string of the molecule is CCOC(=O)CNC(=O)[C@@H]1C[C@@]23C=C[C@@]1(OC)[C@@H]1Oc4c(OC)ccc5c4[C@@]12CCN(C)[C@H]3C5. The molecule has 2 heterocycles. The molecule has 0 radical (unpaired) electrons. The number of methoxy groups -OCH3 is 2. The van der Waals surface area contributed by atoms with E-state index in [0.717, 1.165) is 30.9 Å². The zero-order valence-electron chi connectivity index (χ0n) is 20.2. The standard InChI is InChI=1S/C26H32N2O6/c1-5-33-19(29)14-27-22(30)16-13-24-8-9-26(16,32-4)23-25(24)10-11-28(2)18(24)12-15-6-7-17(31-3)21(34-23)20(15)25/h6-9,16,18,23H,5,10-14H2,1-4H3,(H,27,30)/t16-,18-,23+,24+,25-,26-/m0/s1. The lowest BCUT2D eigenvalue weighted by molar-refractivity contribution is -0.213. The molecule has 8 heteroatoms. The van der Waals surface area contributed by atoms with Crippen LogP contribution >= 0.6 is 0 Å². The molecule has 4 aliphatic carbocycles. The average Bonchev–Trinajstić information content (AvgIpc) is 3.22. The third-order valence-corrected chi connectivity index (χ3v) is 9.31. The number of benzene rings is 1. The predicted molar refractivity (Wildman–Crippen MR) is 123 cm³/mol. The highest BCUT2D eigenvalue weighted by Gasteiger charge is 2.79. The van der Waals surface area contributed by atoms with Crippen LogP contribution < -0.4 is 14.8 Å². The number of likely N-dealkylation sites (N-methyl/N-ethyl adjacent to an activating group) is 1. The van der Waals surface area contributed by atoms with Gasteiger partial charge in [-0.25, -0.2) is 0 Å². The van der Waals surface area contributed by atoms with E-state index in [4.69, 9.17) is 18.9 Å². The molecule has 1 aromatic carbocycles. The number of nitrogens with one attached hydrogen (secondary N) is 1. The van der Waals surface area contributed by atoms with Crippen LogP contribution in [0.3, 0.4) is 0 Å². The van der Waals surface area contributed by atoms with Gasteiger partial charge in [0.2, 0.25) is 5.91 Å². The second-order valence-corrected chi connectivity index (χ2v) is 10.3. The quantitative estimate of drug-likeness (QED) is 0.501. The summed E-state index contributed by atoms with van der Waals surface area (Å²) in [5.74, 6) is 0.387. The van der Waals surface area contributed by atoms with Crippen molar-refractivity contribution in [2.45, 2.75) is 49.3 Å². The average molecular weight is 469 g/mol. The Kier molecular flexibility index (Phi) is 4.65. The van der Waals surface area contributed by atoms with Crippen LogP contribution in [0.5, 0.6) is 11.5 Å². The maximum absolute atomic E-state index is 13.6. The van der Waals surface area contributed by atoms with Gasteiger partial charge in [-0.05, 0) is 51.4 Å². The number of amides is 1. The van der Waals surface area contributed by atoms with Gasteiger partial charge in [-0.15, -0.1) is 0 Å². The van der Waals surface area contributed by atoms with Crippen molar-refractivity contribution in [3.8, 4) is 11.5 Å². The van der Waals surface area contributed by atoms with E-state index in [1.165, 1.54) is 11.1 Å². The Morgan fingerprint density at radius 1 is 1.26 bits per heavy atom. The molecule has 8 nitrogen and oxygen atoms in total. The number of hydrogen-bond acceptors (Lipinski definition) is 7. The van der Waals surface area contributed by atoms with Crippen LogP contribution in [0.2, 0.25) is 0 Å². The number of piperidine rings is 1. The molecular formula is C26H32N2O6. The van der Waals surface area contributed by atoms with Gasteiger partial charge in [-0.2, -0.15) is 0 Å². The number of nitrogens with zero attached hydrogens (tertiary/aromatic N) is 1. The molecule has 2 fully saturated rings. The van der Waals surface area contributed by atoms with Gasteiger partial charge in [0.1, 0.15) is 18.2 Å². The van der Waals surface area contributed by atoms with E-state index in [1.807, 2.05) is 6.07 Å². The highest BCUT2D eigenvalue weighted by atomic mass is 16.6. The van der Waals surface area contributed by atoms with Gasteiger partial charge in [0, 0.05) is 24.1 Å². The fraction of sp³-hybridized carbons (Fsp3) is 0.615. The van der Waals surface area contributed by atoms with Crippen LogP contribution in [0.25, 0.3) is 0 Å². The molecule has 2 aliphatic heterocycles. The van der Waals surface area contributed by atoms with Crippen LogP contribution in [-0.4, -0.2) is 75.5 Å². The van der Waals surface area contributed by atoms with E-state index in [2.05, 4.69) is 35.5 Å². The Morgan fingerprint density at radius 2 is 2.09 bits per heavy atom. The first kappa shape index (κ1) is 21.9. The molecular weight excluding hydrogens is 436 g/mol. The number of rotatable bonds is 6. The Bertz CT molecular complexity index is 1100. The van der Waals surface area contributed by atoms with Crippen LogP contribution in [-0.2, 0) is 30.9 Å². The van der Waals surface area contributed by atoms with Crippen molar-refractivity contribution in [2.24, 2.45) is 11.3 Å². The third kappa shape index (κ3) is 2.36. The molecule has 1 saturated heterocycles. The van der Waals surface area contributed by atoms with Gasteiger partial charge < -0.3 is 29.2 Å². The topological polar surface area (TPSA) is 86.3 Å². The number of likely N-dealkylation sites (tertiary alicyclic amines) is 1. The van der Waals surface area contributed by atoms with Crippen molar-refractivity contribution >= 4 is 11.9 Å². The van der Waals surface area contributed by atoms with Gasteiger partial charge in [0.25, 0.3) is 0 Å². The summed E-state index contributed by atoms with van der Waals surface area (Å²) < 4.78 is 23.8. The van der Waals surface area contributed by atoms with Crippen molar-refractivity contribution < 1.29 is 28.5 Å². The molecule has 2 spiro atoms. The summed E-state index contributed by atoms with van der Waals surface area (Å²) in [5.41, 5.74) is 1.04. The molecule has 4 bridgehead atoms. The summed E-state index contributed by atoms with van der Waals surface area (Å²) in [6, 6.07) is 4.42. The smallest absolute Gasteiger partial charge is 0.325 e. The second-order valence-electron chi connectivity index (χ2n) is 10.3. The Balaban J connectivity index is 1.50. The van der Waals surface area contributed by atoms with Crippen molar-refractivity contribution in [3.05, 3.63) is 35.4 Å². The minimum absolute atomic E-state index is 0.155. The molecule has 34 heavy (non-hydrogen) atoms. The molecule has 6 atom stereocenters. The lowest BCUT2D eigenvalue weighted by Gasteiger charge is -2.70. The van der Waals surface area contributed by atoms with Crippen molar-refractivity contribution in [2.75, 3.05) is 41.0 Å². The summed E-state index contributed by atoms with van der Waals surface area (Å²) in [5, 5.41) is 2.81. The molecule has 0 unspecified atom stereocenters. The predicted octanol–water partition coefficient (Wildman–Crippen LogP) is 1.59. The first-order valence-corrected chi connectivity index (χ1v) is 12.1. The summed E-state index contributed by atoms with van der Waals surface area (Å²) in [7, 11) is 5.51. The number of ether oxygens (including phenoxy) is 4. The largest absolute Gasteiger partial charge is 0.493 e. The number of esters is 1. The van der Waals surface area contributed by atoms with Crippen LogP contribution in [0.4, 0.5) is 0 Å².